The van der Waals surface area contributed by atoms with E-state index in [0.717, 1.165) is 71.7 Å². The summed E-state index contributed by atoms with van der Waals surface area (Å²) in [4.78, 5) is 101. The molecule has 10 aromatic rings. The number of fused-ring (bicyclic) bond motifs is 10. The minimum atomic E-state index is -1.36. The number of carbonyl (C=O) groups excluding carboxylic acids is 7. The molecule has 17 rings (SSSR count). The van der Waals surface area contributed by atoms with Crippen molar-refractivity contribution in [2.75, 3.05) is 9.80 Å². The molecule has 7 aliphatic rings. The number of nitrogens with zero attached hydrogens (tertiary/aromatic N) is 2. The number of carbonyl (C=O) groups is 7. The van der Waals surface area contributed by atoms with Gasteiger partial charge in [-0.25, -0.2) is 9.80 Å². The maximum Gasteiger partial charge on any atom is 0.261 e. The van der Waals surface area contributed by atoms with E-state index in [4.69, 9.17) is 0 Å². The molecule has 0 spiro atoms. The number of amides is 4. The highest BCUT2D eigenvalue weighted by atomic mass is 32.2. The van der Waals surface area contributed by atoms with Crippen molar-refractivity contribution in [3.63, 3.8) is 0 Å². The summed E-state index contributed by atoms with van der Waals surface area (Å²) in [6.45, 7) is 13.7. The summed E-state index contributed by atoms with van der Waals surface area (Å²) < 4.78 is -1.36. The Labute approximate surface area is 589 Å². The van der Waals surface area contributed by atoms with E-state index in [-0.39, 0.29) is 42.4 Å². The minimum absolute atomic E-state index is 0. The van der Waals surface area contributed by atoms with Crippen LogP contribution in [0.5, 0.6) is 0 Å². The molecule has 9 nitrogen and oxygen atoms in total. The Morgan fingerprint density at radius 3 is 1.11 bits per heavy atom. The number of allylic oxidation sites excluding steroid dienone is 6. The van der Waals surface area contributed by atoms with E-state index in [0.29, 0.717) is 16.9 Å². The number of thioether (sulfide) groups is 1. The molecule has 2 saturated carbocycles. The van der Waals surface area contributed by atoms with Crippen LogP contribution in [0, 0.1) is 33.0 Å². The number of benzene rings is 10. The number of Topliss-reactive ketones (excluding diaryl/α,β-unsaturated/α-hetero) is 3. The van der Waals surface area contributed by atoms with Gasteiger partial charge in [-0.3, -0.25) is 33.6 Å². The quantitative estimate of drug-likeness (QED) is 0.124. The van der Waals surface area contributed by atoms with Gasteiger partial charge in [0, 0.05) is 18.0 Å². The monoisotopic (exact) mass is 1330 g/mol. The van der Waals surface area contributed by atoms with Gasteiger partial charge in [-0.1, -0.05) is 273 Å². The zero-order chi connectivity index (χ0) is 70.0. The Morgan fingerprint density at radius 2 is 0.700 bits per heavy atom. The standard InChI is InChI=1S/C38H32O2.C35H27NO3S.C11H9NO2.C6H6.H2/c1-25-30(26-17-9-5-10-18-26)38(29-23-15-8-16-24-29)36(3)32(28-21-13-7-14-22-28)31(27-19-11-6-12-20-27)35(2,34(36)40)37(38,4)33(25)39;1-33-27(23-15-7-3-8-16-23)28(24-17-9-4-10-18-24)34(2,31(33)38)35(40-26-21-13-6-14-22-26)29(33)30(37)36(32(35)39)25-19-11-5-12-20-25;1-8-7-10(13)12(11(8)14)9-5-3-2-4-6-9;1-2-4-6-5-3-1;/h5-24H,1-4H3;3-22,29H,1-2H3;2-7H,1H3;1-6H;1H/i;;;;1+1. The fraction of sp³-hybridized carbons (Fsp3) is 0.167. The number of rotatable bonds is 10. The van der Waals surface area contributed by atoms with Gasteiger partial charge in [-0.05, 0) is 152 Å². The minimum Gasteiger partial charge on any atom is -0.298 e. The molecule has 2 heterocycles. The van der Waals surface area contributed by atoms with Gasteiger partial charge in [0.25, 0.3) is 17.7 Å². The van der Waals surface area contributed by atoms with E-state index in [1.807, 2.05) is 245 Å². The summed E-state index contributed by atoms with van der Waals surface area (Å²) in [6.07, 6.45) is 1.36. The van der Waals surface area contributed by atoms with Crippen LogP contribution >= 0.6 is 11.8 Å². The van der Waals surface area contributed by atoms with Crippen LogP contribution in [0.4, 0.5) is 11.4 Å². The summed E-state index contributed by atoms with van der Waals surface area (Å²) in [5.41, 5.74) is 6.42. The maximum atomic E-state index is 15.4. The second-order valence-corrected chi connectivity index (χ2v) is 28.6. The molecule has 2 aliphatic heterocycles. The third-order valence-corrected chi connectivity index (χ3v) is 24.1. The first-order chi connectivity index (χ1) is 48.3. The number of hydrogen-bond acceptors (Lipinski definition) is 8. The Bertz CT molecular complexity index is 5010. The average Bonchev–Trinajstić information content (AvgIpc) is 1.44. The molecule has 3 fully saturated rings. The summed E-state index contributed by atoms with van der Waals surface area (Å²) in [7, 11) is 0. The van der Waals surface area contributed by atoms with Gasteiger partial charge in [-0.15, -0.1) is 11.8 Å². The van der Waals surface area contributed by atoms with E-state index in [9.17, 15) is 28.8 Å². The van der Waals surface area contributed by atoms with Crippen LogP contribution in [0.1, 0.15) is 83.3 Å². The highest BCUT2D eigenvalue weighted by molar-refractivity contribution is 8.01. The molecule has 100 heavy (non-hydrogen) atoms. The van der Waals surface area contributed by atoms with Crippen molar-refractivity contribution in [1.82, 2.24) is 0 Å². The van der Waals surface area contributed by atoms with E-state index in [1.165, 1.54) is 27.6 Å². The number of ketones is 3. The van der Waals surface area contributed by atoms with Gasteiger partial charge < -0.3 is 0 Å². The van der Waals surface area contributed by atoms with Crippen LogP contribution in [0.25, 0.3) is 27.9 Å². The summed E-state index contributed by atoms with van der Waals surface area (Å²) >= 11 is 1.37. The molecule has 494 valence electrons. The Kier molecular flexibility index (Phi) is 16.7. The van der Waals surface area contributed by atoms with E-state index in [1.54, 1.807) is 43.3 Å². The number of imide groups is 2. The lowest BCUT2D eigenvalue weighted by atomic mass is 9.43. The third kappa shape index (κ3) is 9.18. The Morgan fingerprint density at radius 1 is 0.360 bits per heavy atom. The largest absolute Gasteiger partial charge is 0.298 e. The maximum absolute atomic E-state index is 15.4. The van der Waals surface area contributed by atoms with Crippen molar-refractivity contribution < 1.29 is 35.0 Å². The first-order valence-corrected chi connectivity index (χ1v) is 34.6. The number of para-hydroxylation sites is 2. The van der Waals surface area contributed by atoms with Crippen LogP contribution in [0.15, 0.2) is 332 Å². The SMILES string of the molecule is CC12C(=O)C(C)(C(c3ccccc3)=C1c1ccccc1)C1(Sc3ccccc3)C(=O)N(c3ccccc3)C(=O)C21.CC1=C(c2ccccc2)C2(c3ccccc3)C3(C)C(=O)C(C)(C(c4ccccc4)=C3c3ccccc3)C2(C)C1=O.CC1=CC(=O)N(c2ccccc2)C1=O.[2HH].c1ccccc1. The smallest absolute Gasteiger partial charge is 0.261 e. The van der Waals surface area contributed by atoms with Crippen LogP contribution in [-0.2, 0) is 39.0 Å². The molecule has 5 aliphatic carbocycles. The molecular weight excluding hydrogens is 1250 g/mol. The van der Waals surface area contributed by atoms with Gasteiger partial charge in [0.2, 0.25) is 5.91 Å². The lowest BCUT2D eigenvalue weighted by Crippen LogP contribution is -2.56. The van der Waals surface area contributed by atoms with Crippen molar-refractivity contribution in [3.05, 3.63) is 360 Å². The topological polar surface area (TPSA) is 126 Å². The van der Waals surface area contributed by atoms with Gasteiger partial charge >= 0.3 is 0 Å². The molecule has 8 unspecified atom stereocenters. The molecular formula is C90H76N2O7S. The lowest BCUT2D eigenvalue weighted by Gasteiger charge is -2.55. The summed E-state index contributed by atoms with van der Waals surface area (Å²) in [6, 6.07) is 101. The van der Waals surface area contributed by atoms with E-state index < -0.39 is 43.2 Å². The number of anilines is 2. The van der Waals surface area contributed by atoms with Gasteiger partial charge in [0.15, 0.2) is 17.3 Å². The highest BCUT2D eigenvalue weighted by Gasteiger charge is 2.89. The average molecular weight is 1330 g/mol. The molecule has 0 N–H and O–H groups in total. The molecule has 1 saturated heterocycles. The van der Waals surface area contributed by atoms with Gasteiger partial charge in [0.05, 0.1) is 49.8 Å². The van der Waals surface area contributed by atoms with Crippen molar-refractivity contribution in [3.8, 4) is 0 Å². The van der Waals surface area contributed by atoms with Gasteiger partial charge in [-0.2, -0.15) is 0 Å². The first-order valence-electron chi connectivity index (χ1n) is 33.8. The van der Waals surface area contributed by atoms with Crippen LogP contribution < -0.4 is 9.80 Å². The molecule has 4 bridgehead atoms. The Balaban J connectivity index is 0.000000141. The highest BCUT2D eigenvalue weighted by Crippen LogP contribution is 2.86. The van der Waals surface area contributed by atoms with Crippen molar-refractivity contribution in [1.29, 1.82) is 0 Å². The molecule has 10 aromatic carbocycles. The third-order valence-electron chi connectivity index (χ3n) is 22.5. The predicted molar refractivity (Wildman–Crippen MR) is 401 cm³/mol. The molecule has 0 radical (unpaired) electrons. The lowest BCUT2D eigenvalue weighted by molar-refractivity contribution is -0.134. The van der Waals surface area contributed by atoms with E-state index in [2.05, 4.69) is 69.3 Å². The zero-order valence-electron chi connectivity index (χ0n) is 56.8. The van der Waals surface area contributed by atoms with Crippen LogP contribution in [0.2, 0.25) is 0 Å². The zero-order valence-corrected chi connectivity index (χ0v) is 57.6. The van der Waals surface area contributed by atoms with E-state index >= 15 is 4.79 Å². The van der Waals surface area contributed by atoms with Crippen molar-refractivity contribution >= 4 is 92.0 Å². The van der Waals surface area contributed by atoms with Crippen molar-refractivity contribution in [2.24, 2.45) is 33.0 Å². The normalized spacial score (nSPS) is 26.6. The fourth-order valence-corrected chi connectivity index (χ4v) is 20.1. The second-order valence-electron chi connectivity index (χ2n) is 27.3. The van der Waals surface area contributed by atoms with Crippen LogP contribution in [0.3, 0.4) is 0 Å². The van der Waals surface area contributed by atoms with Crippen LogP contribution in [-0.4, -0.2) is 45.7 Å². The summed E-state index contributed by atoms with van der Waals surface area (Å²) in [5, 5.41) is 0. The fourth-order valence-electron chi connectivity index (χ4n) is 18.4. The summed E-state index contributed by atoms with van der Waals surface area (Å²) in [5.74, 6) is -1.91. The second kappa shape index (κ2) is 25.3. The first kappa shape index (κ1) is 66.1. The number of hydrogen-bond donors (Lipinski definition) is 0. The predicted octanol–water partition coefficient (Wildman–Crippen LogP) is 18.6. The van der Waals surface area contributed by atoms with Crippen molar-refractivity contribution in [2.45, 2.75) is 63.5 Å². The Hall–Kier alpha value is -11.2. The molecule has 10 heteroatoms. The molecule has 0 aromatic heterocycles. The van der Waals surface area contributed by atoms with Gasteiger partial charge in [0.1, 0.15) is 4.75 Å². The molecule has 8 atom stereocenters. The molecule has 4 amide bonds.